The van der Waals surface area contributed by atoms with Gasteiger partial charge in [-0.2, -0.15) is 0 Å². The first-order valence-corrected chi connectivity index (χ1v) is 6.33. The SMILES string of the molecule is CC(Nc1ccc([N+](=O)[O-])c2nonc12)C1CCC1. The molecule has 7 nitrogen and oxygen atoms in total. The molecule has 1 unspecified atom stereocenters. The van der Waals surface area contributed by atoms with Gasteiger partial charge in [0.15, 0.2) is 5.52 Å². The summed E-state index contributed by atoms with van der Waals surface area (Å²) in [5, 5.41) is 21.6. The highest BCUT2D eigenvalue weighted by Gasteiger charge is 2.26. The lowest BCUT2D eigenvalue weighted by Gasteiger charge is -2.32. The van der Waals surface area contributed by atoms with E-state index in [1.54, 1.807) is 6.07 Å². The highest BCUT2D eigenvalue weighted by molar-refractivity contribution is 5.93. The Kier molecular flexibility index (Phi) is 2.81. The molecule has 1 aromatic heterocycles. The van der Waals surface area contributed by atoms with Crippen molar-refractivity contribution in [2.75, 3.05) is 5.32 Å². The third kappa shape index (κ3) is 2.00. The second-order valence-electron chi connectivity index (χ2n) is 4.97. The van der Waals surface area contributed by atoms with Crippen LogP contribution in [0.3, 0.4) is 0 Å². The van der Waals surface area contributed by atoms with Crippen LogP contribution in [0, 0.1) is 16.0 Å². The monoisotopic (exact) mass is 262 g/mol. The van der Waals surface area contributed by atoms with Gasteiger partial charge in [0.05, 0.1) is 10.6 Å². The Balaban J connectivity index is 1.93. The molecule has 0 aliphatic heterocycles. The van der Waals surface area contributed by atoms with Gasteiger partial charge in [0.1, 0.15) is 0 Å². The highest BCUT2D eigenvalue weighted by atomic mass is 16.6. The number of nitrogens with one attached hydrogen (secondary N) is 1. The smallest absolute Gasteiger partial charge is 0.300 e. The van der Waals surface area contributed by atoms with Crippen LogP contribution in [0.5, 0.6) is 0 Å². The fourth-order valence-corrected chi connectivity index (χ4v) is 2.42. The summed E-state index contributed by atoms with van der Waals surface area (Å²) in [5.74, 6) is 0.658. The molecule has 0 saturated heterocycles. The maximum Gasteiger partial charge on any atom is 0.300 e. The van der Waals surface area contributed by atoms with Gasteiger partial charge in [-0.05, 0) is 42.1 Å². The number of rotatable bonds is 4. The molecule has 1 aliphatic rings. The lowest BCUT2D eigenvalue weighted by Crippen LogP contribution is -2.30. The third-order valence-corrected chi connectivity index (χ3v) is 3.83. The van der Waals surface area contributed by atoms with E-state index in [2.05, 4.69) is 27.2 Å². The number of fused-ring (bicyclic) bond motifs is 1. The first kappa shape index (κ1) is 11.9. The molecule has 1 aromatic carbocycles. The van der Waals surface area contributed by atoms with Gasteiger partial charge in [0.25, 0.3) is 0 Å². The minimum absolute atomic E-state index is 0.0851. The largest absolute Gasteiger partial charge is 0.380 e. The van der Waals surface area contributed by atoms with E-state index in [9.17, 15) is 10.1 Å². The maximum absolute atomic E-state index is 10.9. The Morgan fingerprint density at radius 1 is 1.42 bits per heavy atom. The second kappa shape index (κ2) is 4.49. The molecular weight excluding hydrogens is 248 g/mol. The average molecular weight is 262 g/mol. The van der Waals surface area contributed by atoms with Crippen LogP contribution in [0.15, 0.2) is 16.8 Å². The van der Waals surface area contributed by atoms with Gasteiger partial charge in [0, 0.05) is 12.1 Å². The normalized spacial score (nSPS) is 17.1. The van der Waals surface area contributed by atoms with E-state index in [4.69, 9.17) is 0 Å². The molecule has 0 bridgehead atoms. The number of hydrogen-bond acceptors (Lipinski definition) is 6. The molecule has 0 amide bonds. The van der Waals surface area contributed by atoms with Crippen molar-refractivity contribution in [1.82, 2.24) is 10.3 Å². The molecule has 1 heterocycles. The molecule has 1 atom stereocenters. The number of benzene rings is 1. The molecule has 7 heteroatoms. The molecule has 100 valence electrons. The summed E-state index contributed by atoms with van der Waals surface area (Å²) in [5.41, 5.74) is 1.26. The molecular formula is C12H14N4O3. The van der Waals surface area contributed by atoms with E-state index in [1.807, 2.05) is 0 Å². The highest BCUT2D eigenvalue weighted by Crippen LogP contribution is 2.33. The summed E-state index contributed by atoms with van der Waals surface area (Å²) >= 11 is 0. The maximum atomic E-state index is 10.9. The van der Waals surface area contributed by atoms with E-state index >= 15 is 0 Å². The summed E-state index contributed by atoms with van der Waals surface area (Å²) in [4.78, 5) is 10.4. The average Bonchev–Trinajstić information content (AvgIpc) is 2.75. The third-order valence-electron chi connectivity index (χ3n) is 3.83. The van der Waals surface area contributed by atoms with Crippen LogP contribution in [0.2, 0.25) is 0 Å². The van der Waals surface area contributed by atoms with Crippen LogP contribution in [0.4, 0.5) is 11.4 Å². The molecule has 1 aliphatic carbocycles. The van der Waals surface area contributed by atoms with Crippen molar-refractivity contribution in [2.24, 2.45) is 5.92 Å². The molecule has 1 N–H and O–H groups in total. The van der Waals surface area contributed by atoms with Crippen LogP contribution in [0.1, 0.15) is 26.2 Å². The summed E-state index contributed by atoms with van der Waals surface area (Å²) in [6.07, 6.45) is 3.72. The Hall–Kier alpha value is -2.18. The fourth-order valence-electron chi connectivity index (χ4n) is 2.42. The molecule has 2 aromatic rings. The Labute approximate surface area is 109 Å². The van der Waals surface area contributed by atoms with Crippen molar-refractivity contribution >= 4 is 22.4 Å². The first-order valence-electron chi connectivity index (χ1n) is 6.33. The molecule has 0 radical (unpaired) electrons. The van der Waals surface area contributed by atoms with Gasteiger partial charge in [-0.25, -0.2) is 4.63 Å². The minimum Gasteiger partial charge on any atom is -0.380 e. The summed E-state index contributed by atoms with van der Waals surface area (Å²) in [6, 6.07) is 3.41. The van der Waals surface area contributed by atoms with Gasteiger partial charge in [-0.3, -0.25) is 10.1 Å². The molecule has 0 spiro atoms. The van der Waals surface area contributed by atoms with Crippen molar-refractivity contribution in [1.29, 1.82) is 0 Å². The van der Waals surface area contributed by atoms with Crippen LogP contribution in [-0.4, -0.2) is 21.3 Å². The zero-order valence-corrected chi connectivity index (χ0v) is 10.5. The van der Waals surface area contributed by atoms with Crippen LogP contribution >= 0.6 is 0 Å². The zero-order chi connectivity index (χ0) is 13.4. The van der Waals surface area contributed by atoms with E-state index < -0.39 is 4.92 Å². The van der Waals surface area contributed by atoms with E-state index in [-0.39, 0.29) is 11.2 Å². The summed E-state index contributed by atoms with van der Waals surface area (Å²) in [6.45, 7) is 2.12. The van der Waals surface area contributed by atoms with E-state index in [0.717, 1.165) is 5.69 Å². The van der Waals surface area contributed by atoms with Crippen molar-refractivity contribution in [3.8, 4) is 0 Å². The molecule has 1 saturated carbocycles. The number of nitro benzene ring substituents is 1. The predicted molar refractivity (Wildman–Crippen MR) is 68.9 cm³/mol. The minimum atomic E-state index is -0.480. The summed E-state index contributed by atoms with van der Waals surface area (Å²) < 4.78 is 4.63. The van der Waals surface area contributed by atoms with Gasteiger partial charge in [0.2, 0.25) is 5.52 Å². The molecule has 1 fully saturated rings. The lowest BCUT2D eigenvalue weighted by atomic mass is 9.80. The number of non-ortho nitro benzene ring substituents is 1. The second-order valence-corrected chi connectivity index (χ2v) is 4.97. The van der Waals surface area contributed by atoms with Gasteiger partial charge in [-0.15, -0.1) is 0 Å². The van der Waals surface area contributed by atoms with E-state index in [0.29, 0.717) is 17.5 Å². The van der Waals surface area contributed by atoms with Gasteiger partial charge < -0.3 is 5.32 Å². The van der Waals surface area contributed by atoms with Crippen molar-refractivity contribution < 1.29 is 9.55 Å². The van der Waals surface area contributed by atoms with Crippen LogP contribution in [-0.2, 0) is 0 Å². The topological polar surface area (TPSA) is 94.1 Å². The molecule has 19 heavy (non-hydrogen) atoms. The van der Waals surface area contributed by atoms with Crippen LogP contribution < -0.4 is 5.32 Å². The number of hydrogen-bond donors (Lipinski definition) is 1. The molecule has 3 rings (SSSR count). The quantitative estimate of drug-likeness (QED) is 0.672. The van der Waals surface area contributed by atoms with Gasteiger partial charge in [-0.1, -0.05) is 6.42 Å². The van der Waals surface area contributed by atoms with Crippen molar-refractivity contribution in [3.05, 3.63) is 22.2 Å². The van der Waals surface area contributed by atoms with Gasteiger partial charge >= 0.3 is 5.69 Å². The van der Waals surface area contributed by atoms with E-state index in [1.165, 1.54) is 25.3 Å². The fraction of sp³-hybridized carbons (Fsp3) is 0.500. The number of nitrogens with zero attached hydrogens (tertiary/aromatic N) is 3. The van der Waals surface area contributed by atoms with Crippen molar-refractivity contribution in [3.63, 3.8) is 0 Å². The first-order chi connectivity index (χ1) is 9.16. The number of anilines is 1. The summed E-state index contributed by atoms with van der Waals surface area (Å²) in [7, 11) is 0. The Bertz CT molecular complexity index is 620. The van der Waals surface area contributed by atoms with Crippen LogP contribution in [0.25, 0.3) is 11.0 Å². The zero-order valence-electron chi connectivity index (χ0n) is 10.5. The number of nitro groups is 1. The Morgan fingerprint density at radius 3 is 2.79 bits per heavy atom. The number of aromatic nitrogens is 2. The predicted octanol–water partition coefficient (Wildman–Crippen LogP) is 2.73. The lowest BCUT2D eigenvalue weighted by molar-refractivity contribution is -0.383. The Morgan fingerprint density at radius 2 is 2.16 bits per heavy atom. The van der Waals surface area contributed by atoms with Crippen molar-refractivity contribution in [2.45, 2.75) is 32.2 Å². The standard InChI is InChI=1S/C12H14N4O3/c1-7(8-3-2-4-8)13-9-5-6-10(16(17)18)12-11(9)14-19-15-12/h5-8,13H,2-4H2,1H3.